The summed E-state index contributed by atoms with van der Waals surface area (Å²) in [5, 5.41) is 9.96. The Morgan fingerprint density at radius 1 is 1.10 bits per heavy atom. The van der Waals surface area contributed by atoms with E-state index in [-0.39, 0.29) is 12.0 Å². The third-order valence-corrected chi connectivity index (χ3v) is 4.74. The molecular formula is C21H28N4O6. The second-order valence-electron chi connectivity index (χ2n) is 8.05. The van der Waals surface area contributed by atoms with Crippen molar-refractivity contribution in [2.45, 2.75) is 39.3 Å². The van der Waals surface area contributed by atoms with Gasteiger partial charge in [0.1, 0.15) is 5.60 Å². The summed E-state index contributed by atoms with van der Waals surface area (Å²) < 4.78 is 21.3. The first kappa shape index (κ1) is 22.3. The zero-order valence-corrected chi connectivity index (χ0v) is 18.6. The van der Waals surface area contributed by atoms with Crippen molar-refractivity contribution in [3.8, 4) is 17.2 Å². The molecule has 1 aliphatic heterocycles. The lowest BCUT2D eigenvalue weighted by molar-refractivity contribution is 0.0221. The fraction of sp³-hybridized carbons (Fsp3) is 0.476. The van der Waals surface area contributed by atoms with Crippen molar-refractivity contribution in [1.29, 1.82) is 0 Å². The van der Waals surface area contributed by atoms with E-state index in [1.54, 1.807) is 17.0 Å². The minimum Gasteiger partial charge on any atom is -0.493 e. The summed E-state index contributed by atoms with van der Waals surface area (Å²) in [4.78, 5) is 26.8. The third kappa shape index (κ3) is 4.84. The summed E-state index contributed by atoms with van der Waals surface area (Å²) in [6.07, 6.45) is 0.159. The average molecular weight is 432 g/mol. The number of methoxy groups -OCH3 is 3. The molecule has 0 fully saturated rings. The highest BCUT2D eigenvalue weighted by Crippen LogP contribution is 2.38. The molecule has 2 heterocycles. The van der Waals surface area contributed by atoms with Gasteiger partial charge in [0.2, 0.25) is 5.75 Å². The van der Waals surface area contributed by atoms with E-state index in [1.807, 2.05) is 20.8 Å². The van der Waals surface area contributed by atoms with Gasteiger partial charge in [0.05, 0.1) is 33.6 Å². The van der Waals surface area contributed by atoms with Crippen LogP contribution < -0.4 is 19.5 Å². The number of aromatic amines is 1. The lowest BCUT2D eigenvalue weighted by Crippen LogP contribution is -2.39. The molecule has 0 saturated heterocycles. The summed E-state index contributed by atoms with van der Waals surface area (Å²) in [6.45, 7) is 6.28. The zero-order chi connectivity index (χ0) is 22.8. The van der Waals surface area contributed by atoms with Crippen LogP contribution in [0.25, 0.3) is 0 Å². The molecule has 0 atom stereocenters. The number of nitrogens with zero attached hydrogens (tertiary/aromatic N) is 2. The molecule has 31 heavy (non-hydrogen) atoms. The van der Waals surface area contributed by atoms with Crippen LogP contribution in [0.4, 0.5) is 10.6 Å². The lowest BCUT2D eigenvalue weighted by atomic mass is 10.1. The second kappa shape index (κ2) is 8.75. The van der Waals surface area contributed by atoms with Crippen LogP contribution in [0.2, 0.25) is 0 Å². The van der Waals surface area contributed by atoms with Gasteiger partial charge in [0.15, 0.2) is 17.3 Å². The molecule has 1 aliphatic rings. The molecule has 0 bridgehead atoms. The van der Waals surface area contributed by atoms with Gasteiger partial charge in [-0.25, -0.2) is 4.79 Å². The van der Waals surface area contributed by atoms with Gasteiger partial charge in [-0.2, -0.15) is 5.10 Å². The van der Waals surface area contributed by atoms with E-state index in [4.69, 9.17) is 18.9 Å². The molecule has 1 aromatic carbocycles. The number of rotatable bonds is 5. The summed E-state index contributed by atoms with van der Waals surface area (Å²) in [5.41, 5.74) is 1.39. The first-order chi connectivity index (χ1) is 14.7. The third-order valence-electron chi connectivity index (χ3n) is 4.74. The van der Waals surface area contributed by atoms with Crippen LogP contribution in [-0.4, -0.2) is 60.6 Å². The highest BCUT2D eigenvalue weighted by molar-refractivity contribution is 6.05. The Morgan fingerprint density at radius 2 is 1.74 bits per heavy atom. The molecule has 2 N–H and O–H groups in total. The molecule has 3 rings (SSSR count). The minimum atomic E-state index is -0.565. The van der Waals surface area contributed by atoms with Gasteiger partial charge < -0.3 is 29.2 Å². The Balaban J connectivity index is 1.76. The zero-order valence-electron chi connectivity index (χ0n) is 18.6. The highest BCUT2D eigenvalue weighted by Gasteiger charge is 2.29. The predicted molar refractivity (Wildman–Crippen MR) is 113 cm³/mol. The molecule has 2 amide bonds. The minimum absolute atomic E-state index is 0.331. The van der Waals surface area contributed by atoms with E-state index in [2.05, 4.69) is 15.5 Å². The number of benzene rings is 1. The molecule has 1 aromatic heterocycles. The van der Waals surface area contributed by atoms with Crippen LogP contribution in [0.3, 0.4) is 0 Å². The topological polar surface area (TPSA) is 115 Å². The SMILES string of the molecule is COc1cc(C(=O)Nc2n[nH]c3c2CCN(C(=O)OC(C)(C)C)C3)cc(OC)c1OC. The van der Waals surface area contributed by atoms with E-state index >= 15 is 0 Å². The van der Waals surface area contributed by atoms with Crippen LogP contribution in [-0.2, 0) is 17.7 Å². The van der Waals surface area contributed by atoms with Gasteiger partial charge in [-0.05, 0) is 39.3 Å². The maximum Gasteiger partial charge on any atom is 0.410 e. The Hall–Kier alpha value is -3.43. The number of fused-ring (bicyclic) bond motifs is 1. The fourth-order valence-electron chi connectivity index (χ4n) is 3.30. The van der Waals surface area contributed by atoms with Crippen molar-refractivity contribution in [1.82, 2.24) is 15.1 Å². The lowest BCUT2D eigenvalue weighted by Gasteiger charge is -2.29. The van der Waals surface area contributed by atoms with E-state index in [9.17, 15) is 9.59 Å². The van der Waals surface area contributed by atoms with Crippen LogP contribution >= 0.6 is 0 Å². The fourth-order valence-corrected chi connectivity index (χ4v) is 3.30. The van der Waals surface area contributed by atoms with E-state index in [0.29, 0.717) is 48.1 Å². The van der Waals surface area contributed by atoms with E-state index in [1.165, 1.54) is 21.3 Å². The first-order valence-corrected chi connectivity index (χ1v) is 9.82. The summed E-state index contributed by atoms with van der Waals surface area (Å²) in [5.74, 6) is 1.22. The van der Waals surface area contributed by atoms with Crippen molar-refractivity contribution >= 4 is 17.8 Å². The maximum atomic E-state index is 12.9. The number of hydrogen-bond acceptors (Lipinski definition) is 7. The van der Waals surface area contributed by atoms with Crippen molar-refractivity contribution in [3.63, 3.8) is 0 Å². The molecule has 0 radical (unpaired) electrons. The number of amides is 2. The largest absolute Gasteiger partial charge is 0.493 e. The maximum absolute atomic E-state index is 12.9. The Kier molecular flexibility index (Phi) is 6.28. The van der Waals surface area contributed by atoms with Crippen molar-refractivity contribution in [3.05, 3.63) is 29.0 Å². The molecule has 10 nitrogen and oxygen atoms in total. The Morgan fingerprint density at radius 3 is 2.29 bits per heavy atom. The summed E-state index contributed by atoms with van der Waals surface area (Å²) >= 11 is 0. The Labute approximate surface area is 180 Å². The van der Waals surface area contributed by atoms with Crippen LogP contribution in [0.15, 0.2) is 12.1 Å². The normalized spacial score (nSPS) is 13.3. The predicted octanol–water partition coefficient (Wildman–Crippen LogP) is 2.98. The molecule has 0 spiro atoms. The van der Waals surface area contributed by atoms with Crippen molar-refractivity contribution in [2.75, 3.05) is 33.2 Å². The standard InChI is InChI=1S/C21H28N4O6/c1-21(2,3)31-20(27)25-8-7-13-14(11-25)23-24-18(13)22-19(26)12-9-15(28-4)17(30-6)16(10-12)29-5/h9-10H,7-8,11H2,1-6H3,(H2,22,23,24,26). The smallest absolute Gasteiger partial charge is 0.410 e. The number of hydrogen-bond donors (Lipinski definition) is 2. The molecular weight excluding hydrogens is 404 g/mol. The second-order valence-corrected chi connectivity index (χ2v) is 8.05. The molecule has 2 aromatic rings. The summed E-state index contributed by atoms with van der Waals surface area (Å²) in [6, 6.07) is 3.14. The molecule has 0 saturated carbocycles. The highest BCUT2D eigenvalue weighted by atomic mass is 16.6. The quantitative estimate of drug-likeness (QED) is 0.746. The Bertz CT molecular complexity index is 954. The van der Waals surface area contributed by atoms with Crippen LogP contribution in [0.1, 0.15) is 42.4 Å². The first-order valence-electron chi connectivity index (χ1n) is 9.82. The van der Waals surface area contributed by atoms with Crippen LogP contribution in [0, 0.1) is 0 Å². The monoisotopic (exact) mass is 432 g/mol. The van der Waals surface area contributed by atoms with Crippen LogP contribution in [0.5, 0.6) is 17.2 Å². The average Bonchev–Trinajstić information content (AvgIpc) is 3.13. The van der Waals surface area contributed by atoms with E-state index in [0.717, 1.165) is 11.3 Å². The van der Waals surface area contributed by atoms with Gasteiger partial charge in [-0.1, -0.05) is 0 Å². The van der Waals surface area contributed by atoms with Gasteiger partial charge >= 0.3 is 6.09 Å². The number of carbonyl (C=O) groups excluding carboxylic acids is 2. The van der Waals surface area contributed by atoms with Gasteiger partial charge in [-0.3, -0.25) is 9.89 Å². The van der Waals surface area contributed by atoms with Gasteiger partial charge in [0.25, 0.3) is 5.91 Å². The van der Waals surface area contributed by atoms with Crippen molar-refractivity contribution < 1.29 is 28.5 Å². The number of carbonyl (C=O) groups is 2. The molecule has 10 heteroatoms. The number of nitrogens with one attached hydrogen (secondary N) is 2. The number of H-pyrrole nitrogens is 1. The number of aromatic nitrogens is 2. The van der Waals surface area contributed by atoms with Gasteiger partial charge in [0, 0.05) is 17.7 Å². The molecule has 168 valence electrons. The summed E-state index contributed by atoms with van der Waals surface area (Å²) in [7, 11) is 4.47. The number of ether oxygens (including phenoxy) is 4. The molecule has 0 unspecified atom stereocenters. The van der Waals surface area contributed by atoms with Crippen molar-refractivity contribution in [2.24, 2.45) is 0 Å². The van der Waals surface area contributed by atoms with Gasteiger partial charge in [-0.15, -0.1) is 0 Å². The van der Waals surface area contributed by atoms with E-state index < -0.39 is 5.60 Å². The molecule has 0 aliphatic carbocycles. The number of anilines is 1.